The molecule has 0 aromatic heterocycles. The Hall–Kier alpha value is -1.01. The summed E-state index contributed by atoms with van der Waals surface area (Å²) in [5.41, 5.74) is 0. The van der Waals surface area contributed by atoms with Crippen LogP contribution in [0.5, 0.6) is 0 Å². The average molecular weight is 543 g/mol. The van der Waals surface area contributed by atoms with E-state index in [2.05, 4.69) is 6.92 Å². The summed E-state index contributed by atoms with van der Waals surface area (Å²) in [7, 11) is 0. The minimum absolute atomic E-state index is 0.126. The third kappa shape index (κ3) is 8.74. The van der Waals surface area contributed by atoms with Gasteiger partial charge in [-0.05, 0) is 6.42 Å². The topological polar surface area (TPSA) is 236 Å². The number of carboxylic acids is 1. The first-order valence-corrected chi connectivity index (χ1v) is 12.7. The van der Waals surface area contributed by atoms with Gasteiger partial charge < -0.3 is 64.9 Å². The molecule has 2 heterocycles. The van der Waals surface area contributed by atoms with Crippen molar-refractivity contribution < 1.29 is 69.7 Å². The highest BCUT2D eigenvalue weighted by atomic mass is 16.7. The molecule has 14 nitrogen and oxygen atoms in total. The minimum Gasteiger partial charge on any atom is -0.479 e. The predicted molar refractivity (Wildman–Crippen MR) is 123 cm³/mol. The molecule has 2 aliphatic rings. The van der Waals surface area contributed by atoms with E-state index >= 15 is 0 Å². The number of ether oxygens (including phenoxy) is 4. The molecule has 2 fully saturated rings. The normalized spacial score (nSPS) is 38.3. The summed E-state index contributed by atoms with van der Waals surface area (Å²) in [6.45, 7) is 0.805. The molecule has 0 bridgehead atoms. The van der Waals surface area contributed by atoms with Crippen molar-refractivity contribution in [2.45, 2.75) is 125 Å². The molecule has 14 heteroatoms. The molecule has 9 N–H and O–H groups in total. The summed E-state index contributed by atoms with van der Waals surface area (Å²) in [6.07, 6.45) is -14.0. The van der Waals surface area contributed by atoms with Crippen molar-refractivity contribution in [1.82, 2.24) is 0 Å². The first kappa shape index (κ1) is 32.2. The van der Waals surface area contributed by atoms with Crippen LogP contribution in [0.25, 0.3) is 0 Å². The molecule has 0 aromatic carbocycles. The van der Waals surface area contributed by atoms with E-state index in [1.165, 1.54) is 0 Å². The second-order valence-corrected chi connectivity index (χ2v) is 9.56. The van der Waals surface area contributed by atoms with Crippen molar-refractivity contribution in [1.29, 1.82) is 0 Å². The molecule has 12 atom stereocenters. The fourth-order valence-electron chi connectivity index (χ4n) is 4.30. The maximum Gasteiger partial charge on any atom is 0.335 e. The molecular weight excluding hydrogens is 500 g/mol. The van der Waals surface area contributed by atoms with E-state index in [4.69, 9.17) is 18.9 Å². The van der Waals surface area contributed by atoms with Gasteiger partial charge >= 0.3 is 5.97 Å². The van der Waals surface area contributed by atoms with Crippen LogP contribution < -0.4 is 0 Å². The number of aliphatic hydroxyl groups excluding tert-OH is 8. The van der Waals surface area contributed by atoms with E-state index in [1.807, 2.05) is 0 Å². The van der Waals surface area contributed by atoms with Gasteiger partial charge in [0.25, 0.3) is 0 Å². The van der Waals surface area contributed by atoms with Crippen LogP contribution in [0, 0.1) is 0 Å². The largest absolute Gasteiger partial charge is 0.479 e. The average Bonchev–Trinajstić information content (AvgIpc) is 2.87. The smallest absolute Gasteiger partial charge is 0.335 e. The van der Waals surface area contributed by atoms with Crippen LogP contribution in [0.15, 0.2) is 0 Å². The predicted octanol–water partition coefficient (Wildman–Crippen LogP) is -2.81. The molecule has 0 saturated carbocycles. The highest BCUT2D eigenvalue weighted by Crippen LogP contribution is 2.27. The Kier molecular flexibility index (Phi) is 13.5. The van der Waals surface area contributed by atoms with Gasteiger partial charge in [-0.15, -0.1) is 0 Å². The summed E-state index contributed by atoms with van der Waals surface area (Å²) < 4.78 is 21.3. The molecule has 218 valence electrons. The zero-order valence-electron chi connectivity index (χ0n) is 20.9. The summed E-state index contributed by atoms with van der Waals surface area (Å²) in [6, 6.07) is 0. The second-order valence-electron chi connectivity index (χ2n) is 9.56. The lowest BCUT2D eigenvalue weighted by molar-refractivity contribution is -0.337. The van der Waals surface area contributed by atoms with Crippen LogP contribution in [0.1, 0.15) is 51.9 Å². The van der Waals surface area contributed by atoms with Gasteiger partial charge in [0.05, 0.1) is 19.3 Å². The van der Waals surface area contributed by atoms with Crippen molar-refractivity contribution in [3.05, 3.63) is 0 Å². The Morgan fingerprint density at radius 1 is 0.784 bits per heavy atom. The van der Waals surface area contributed by atoms with Crippen molar-refractivity contribution in [3.63, 3.8) is 0 Å². The molecule has 0 amide bonds. The molecular formula is C23H42O14. The molecule has 37 heavy (non-hydrogen) atoms. The van der Waals surface area contributed by atoms with Gasteiger partial charge in [-0.1, -0.05) is 45.4 Å². The van der Waals surface area contributed by atoms with Crippen molar-refractivity contribution in [2.24, 2.45) is 0 Å². The number of unbranched alkanes of at least 4 members (excludes halogenated alkanes) is 5. The van der Waals surface area contributed by atoms with Crippen LogP contribution in [0.4, 0.5) is 0 Å². The van der Waals surface area contributed by atoms with Crippen LogP contribution in [-0.2, 0) is 23.7 Å². The molecule has 2 aliphatic heterocycles. The first-order valence-electron chi connectivity index (χ1n) is 12.7. The molecule has 0 aliphatic carbocycles. The minimum atomic E-state index is -1.86. The van der Waals surface area contributed by atoms with Crippen LogP contribution in [-0.4, -0.2) is 139 Å². The van der Waals surface area contributed by atoms with E-state index in [1.54, 1.807) is 0 Å². The Morgan fingerprint density at radius 3 is 1.92 bits per heavy atom. The highest BCUT2D eigenvalue weighted by molar-refractivity contribution is 5.73. The van der Waals surface area contributed by atoms with Gasteiger partial charge in [0.1, 0.15) is 48.8 Å². The van der Waals surface area contributed by atoms with Gasteiger partial charge in [-0.3, -0.25) is 0 Å². The van der Waals surface area contributed by atoms with Crippen molar-refractivity contribution in [2.75, 3.05) is 13.2 Å². The SMILES string of the molecule is CCCCCCCC[C@@H](O)[C@H](O[C@@H]1OC(CO[C@@H]2OC(CO)[C@H](O)[C@H](O)C2O)[C@H](O)[C@H](O)C1O)C(=O)O. The summed E-state index contributed by atoms with van der Waals surface area (Å²) in [4.78, 5) is 11.7. The second kappa shape index (κ2) is 15.5. The summed E-state index contributed by atoms with van der Waals surface area (Å²) in [5, 5.41) is 89.9. The monoisotopic (exact) mass is 542 g/mol. The van der Waals surface area contributed by atoms with E-state index < -0.39 is 92.8 Å². The van der Waals surface area contributed by atoms with Crippen LogP contribution in [0.2, 0.25) is 0 Å². The number of rotatable bonds is 15. The Bertz CT molecular complexity index is 665. The molecule has 2 rings (SSSR count). The quantitative estimate of drug-likeness (QED) is 0.0950. The number of hydrogen-bond donors (Lipinski definition) is 9. The van der Waals surface area contributed by atoms with Crippen molar-refractivity contribution in [3.8, 4) is 0 Å². The third-order valence-corrected chi connectivity index (χ3v) is 6.67. The molecule has 2 saturated heterocycles. The molecule has 4 unspecified atom stereocenters. The lowest BCUT2D eigenvalue weighted by Gasteiger charge is -2.43. The Labute approximate surface area is 215 Å². The summed E-state index contributed by atoms with van der Waals surface area (Å²) in [5.74, 6) is -1.51. The Balaban J connectivity index is 1.97. The lowest BCUT2D eigenvalue weighted by atomic mass is 9.98. The van der Waals surface area contributed by atoms with Crippen molar-refractivity contribution >= 4 is 5.97 Å². The van der Waals surface area contributed by atoms with Gasteiger partial charge in [0, 0.05) is 0 Å². The number of carbonyl (C=O) groups is 1. The number of carboxylic acid groups (broad SMARTS) is 1. The number of aliphatic carboxylic acids is 1. The fourth-order valence-corrected chi connectivity index (χ4v) is 4.30. The fraction of sp³-hybridized carbons (Fsp3) is 0.957. The maximum atomic E-state index is 11.7. The summed E-state index contributed by atoms with van der Waals surface area (Å²) >= 11 is 0. The lowest BCUT2D eigenvalue weighted by Crippen LogP contribution is -2.62. The van der Waals surface area contributed by atoms with Crippen LogP contribution in [0.3, 0.4) is 0 Å². The van der Waals surface area contributed by atoms with E-state index in [-0.39, 0.29) is 6.42 Å². The molecule has 0 aromatic rings. The van der Waals surface area contributed by atoms with E-state index in [0.29, 0.717) is 6.42 Å². The third-order valence-electron chi connectivity index (χ3n) is 6.67. The van der Waals surface area contributed by atoms with Gasteiger partial charge in [0.2, 0.25) is 0 Å². The van der Waals surface area contributed by atoms with Gasteiger partial charge in [-0.2, -0.15) is 0 Å². The standard InChI is InChI=1S/C23H42O14/c1-2-3-4-5-6-7-8-11(25)20(21(32)33)37-23-19(31)17(29)15(27)13(36-23)10-34-22-18(30)16(28)14(26)12(9-24)35-22/h11-20,22-31H,2-10H2,1H3,(H,32,33)/t11-,12?,13?,14+,15+,16+,17+,18?,19?,20+,22-,23+/m1/s1. The zero-order chi connectivity index (χ0) is 27.7. The zero-order valence-corrected chi connectivity index (χ0v) is 20.9. The highest BCUT2D eigenvalue weighted by Gasteiger charge is 2.48. The number of hydrogen-bond acceptors (Lipinski definition) is 13. The van der Waals surface area contributed by atoms with Gasteiger partial charge in [0.15, 0.2) is 18.7 Å². The Morgan fingerprint density at radius 2 is 1.32 bits per heavy atom. The maximum absolute atomic E-state index is 11.7. The van der Waals surface area contributed by atoms with E-state index in [0.717, 1.165) is 32.1 Å². The number of aliphatic hydroxyl groups is 8. The van der Waals surface area contributed by atoms with Crippen LogP contribution >= 0.6 is 0 Å². The molecule has 0 radical (unpaired) electrons. The molecule has 0 spiro atoms. The van der Waals surface area contributed by atoms with Gasteiger partial charge in [-0.25, -0.2) is 4.79 Å². The van der Waals surface area contributed by atoms with E-state index in [9.17, 15) is 50.8 Å². The first-order chi connectivity index (χ1) is 17.5.